The summed E-state index contributed by atoms with van der Waals surface area (Å²) in [5.41, 5.74) is -0.400. The van der Waals surface area contributed by atoms with Crippen molar-refractivity contribution in [1.29, 1.82) is 0 Å². The molecular formula is C18H19N3O6S. The molecule has 1 atom stereocenters. The van der Waals surface area contributed by atoms with Crippen LogP contribution in [0.1, 0.15) is 23.2 Å². The van der Waals surface area contributed by atoms with Gasteiger partial charge in [0.05, 0.1) is 22.3 Å². The Kier molecular flexibility index (Phi) is 5.90. The first-order chi connectivity index (χ1) is 13.4. The Balaban J connectivity index is 1.83. The first-order valence-electron chi connectivity index (χ1n) is 8.63. The molecule has 1 heterocycles. The number of nitro benzene ring substituents is 1. The van der Waals surface area contributed by atoms with Crippen molar-refractivity contribution in [2.75, 3.05) is 17.9 Å². The van der Waals surface area contributed by atoms with Crippen molar-refractivity contribution in [2.24, 2.45) is 0 Å². The van der Waals surface area contributed by atoms with Crippen LogP contribution in [0.4, 0.5) is 11.4 Å². The third-order valence-electron chi connectivity index (χ3n) is 4.28. The number of nitrogens with zero attached hydrogens (tertiary/aromatic N) is 1. The van der Waals surface area contributed by atoms with E-state index in [9.17, 15) is 23.3 Å². The molecule has 2 aromatic rings. The molecule has 0 unspecified atom stereocenters. The number of carbonyl (C=O) groups is 1. The molecule has 3 rings (SSSR count). The first kappa shape index (κ1) is 19.8. The largest absolute Gasteiger partial charge is 0.376 e. The van der Waals surface area contributed by atoms with Crippen LogP contribution in [0.3, 0.4) is 0 Å². The predicted octanol–water partition coefficient (Wildman–Crippen LogP) is 2.30. The summed E-state index contributed by atoms with van der Waals surface area (Å²) in [4.78, 5) is 22.4. The molecular weight excluding hydrogens is 386 g/mol. The molecule has 10 heteroatoms. The molecule has 1 aliphatic rings. The van der Waals surface area contributed by atoms with Crippen LogP contribution in [0.2, 0.25) is 0 Å². The molecule has 0 saturated carbocycles. The van der Waals surface area contributed by atoms with Gasteiger partial charge in [-0.3, -0.25) is 19.6 Å². The molecule has 0 aliphatic carbocycles. The van der Waals surface area contributed by atoms with Gasteiger partial charge in [-0.15, -0.1) is 0 Å². The highest BCUT2D eigenvalue weighted by Gasteiger charge is 2.26. The van der Waals surface area contributed by atoms with Gasteiger partial charge in [-0.1, -0.05) is 24.3 Å². The lowest BCUT2D eigenvalue weighted by molar-refractivity contribution is -0.387. The third kappa shape index (κ3) is 4.46. The van der Waals surface area contributed by atoms with E-state index >= 15 is 0 Å². The number of carbonyl (C=O) groups excluding carboxylic acids is 1. The Morgan fingerprint density at radius 1 is 1.18 bits per heavy atom. The Hall–Kier alpha value is -2.98. The molecule has 0 radical (unpaired) electrons. The highest BCUT2D eigenvalue weighted by molar-refractivity contribution is 7.92. The van der Waals surface area contributed by atoms with Crippen molar-refractivity contribution in [3.8, 4) is 0 Å². The van der Waals surface area contributed by atoms with Crippen molar-refractivity contribution < 1.29 is 22.9 Å². The van der Waals surface area contributed by atoms with Crippen molar-refractivity contribution in [2.45, 2.75) is 23.8 Å². The zero-order valence-corrected chi connectivity index (χ0v) is 15.6. The molecule has 0 aromatic heterocycles. The van der Waals surface area contributed by atoms with Crippen LogP contribution in [0.5, 0.6) is 0 Å². The van der Waals surface area contributed by atoms with Gasteiger partial charge in [-0.25, -0.2) is 8.42 Å². The summed E-state index contributed by atoms with van der Waals surface area (Å²) in [6.07, 6.45) is 1.73. The number of rotatable bonds is 7. The maximum absolute atomic E-state index is 12.7. The molecule has 1 saturated heterocycles. The van der Waals surface area contributed by atoms with E-state index in [2.05, 4.69) is 10.0 Å². The molecule has 2 N–H and O–H groups in total. The monoisotopic (exact) mass is 405 g/mol. The summed E-state index contributed by atoms with van der Waals surface area (Å²) in [6.45, 7) is 0.983. The molecule has 0 bridgehead atoms. The van der Waals surface area contributed by atoms with Crippen LogP contribution in [-0.4, -0.2) is 38.5 Å². The normalized spacial score (nSPS) is 16.5. The van der Waals surface area contributed by atoms with Crippen LogP contribution >= 0.6 is 0 Å². The molecule has 9 nitrogen and oxygen atoms in total. The maximum atomic E-state index is 12.7. The Bertz CT molecular complexity index is 986. The highest BCUT2D eigenvalue weighted by Crippen LogP contribution is 2.26. The number of nitrogens with one attached hydrogen (secondary N) is 2. The average molecular weight is 405 g/mol. The second-order valence-corrected chi connectivity index (χ2v) is 7.87. The molecule has 1 amide bonds. The summed E-state index contributed by atoms with van der Waals surface area (Å²) >= 11 is 0. The Morgan fingerprint density at radius 2 is 1.89 bits per heavy atom. The van der Waals surface area contributed by atoms with Crippen LogP contribution in [-0.2, 0) is 14.8 Å². The van der Waals surface area contributed by atoms with E-state index in [-0.39, 0.29) is 17.4 Å². The molecule has 1 aliphatic heterocycles. The second kappa shape index (κ2) is 8.36. The number of sulfonamides is 1. The quantitative estimate of drug-likeness (QED) is 0.537. The highest BCUT2D eigenvalue weighted by atomic mass is 32.2. The van der Waals surface area contributed by atoms with Crippen molar-refractivity contribution in [3.63, 3.8) is 0 Å². The lowest BCUT2D eigenvalue weighted by atomic mass is 10.1. The van der Waals surface area contributed by atoms with Gasteiger partial charge in [0.2, 0.25) is 0 Å². The molecule has 28 heavy (non-hydrogen) atoms. The number of para-hydroxylation sites is 2. The standard InChI is InChI=1S/C18H19N3O6S/c22-18(19-12-13-6-5-11-27-13)14-7-1-2-8-15(14)20-28(25,26)17-10-4-3-9-16(17)21(23)24/h1-4,7-10,13,20H,5-6,11-12H2,(H,19,22)/t13-/m0/s1. The maximum Gasteiger partial charge on any atom is 0.289 e. The summed E-state index contributed by atoms with van der Waals surface area (Å²) < 4.78 is 33.1. The summed E-state index contributed by atoms with van der Waals surface area (Å²) in [5.74, 6) is -0.462. The number of anilines is 1. The van der Waals surface area contributed by atoms with E-state index in [1.54, 1.807) is 12.1 Å². The SMILES string of the molecule is O=C(NC[C@@H]1CCCO1)c1ccccc1NS(=O)(=O)c1ccccc1[N+](=O)[O-]. The van der Waals surface area contributed by atoms with E-state index in [4.69, 9.17) is 4.74 Å². The van der Waals surface area contributed by atoms with Gasteiger partial charge in [0.25, 0.3) is 21.6 Å². The van der Waals surface area contributed by atoms with Gasteiger partial charge in [-0.2, -0.15) is 0 Å². The molecule has 0 spiro atoms. The fourth-order valence-electron chi connectivity index (χ4n) is 2.91. The zero-order valence-electron chi connectivity index (χ0n) is 14.8. The van der Waals surface area contributed by atoms with Gasteiger partial charge >= 0.3 is 0 Å². The lowest BCUT2D eigenvalue weighted by Gasteiger charge is -2.14. The van der Waals surface area contributed by atoms with E-state index in [0.29, 0.717) is 13.2 Å². The smallest absolute Gasteiger partial charge is 0.289 e. The number of ether oxygens (including phenoxy) is 1. The summed E-state index contributed by atoms with van der Waals surface area (Å²) in [6, 6.07) is 11.1. The fourth-order valence-corrected chi connectivity index (χ4v) is 4.17. The van der Waals surface area contributed by atoms with Crippen molar-refractivity contribution in [3.05, 3.63) is 64.2 Å². The zero-order chi connectivity index (χ0) is 20.1. The number of amides is 1. The van der Waals surface area contributed by atoms with E-state index in [0.717, 1.165) is 25.0 Å². The number of benzene rings is 2. The predicted molar refractivity (Wildman–Crippen MR) is 102 cm³/mol. The van der Waals surface area contributed by atoms with Gasteiger partial charge in [0.15, 0.2) is 4.90 Å². The lowest BCUT2D eigenvalue weighted by Crippen LogP contribution is -2.32. The van der Waals surface area contributed by atoms with E-state index < -0.39 is 31.4 Å². The topological polar surface area (TPSA) is 128 Å². The first-order valence-corrected chi connectivity index (χ1v) is 10.1. The van der Waals surface area contributed by atoms with Gasteiger partial charge in [-0.05, 0) is 31.0 Å². The Labute approximate surface area is 161 Å². The number of nitro groups is 1. The van der Waals surface area contributed by atoms with Crippen LogP contribution in [0, 0.1) is 10.1 Å². The van der Waals surface area contributed by atoms with Crippen molar-refractivity contribution in [1.82, 2.24) is 5.32 Å². The molecule has 148 valence electrons. The summed E-state index contributed by atoms with van der Waals surface area (Å²) in [7, 11) is -4.27. The number of hydrogen-bond acceptors (Lipinski definition) is 6. The van der Waals surface area contributed by atoms with Gasteiger partial charge in [0.1, 0.15) is 0 Å². The third-order valence-corrected chi connectivity index (χ3v) is 5.69. The molecule has 2 aromatic carbocycles. The van der Waals surface area contributed by atoms with Crippen LogP contribution < -0.4 is 10.0 Å². The summed E-state index contributed by atoms with van der Waals surface area (Å²) in [5, 5.41) is 13.9. The minimum absolute atomic E-state index is 0.0329. The van der Waals surface area contributed by atoms with Crippen LogP contribution in [0.15, 0.2) is 53.4 Å². The van der Waals surface area contributed by atoms with Crippen LogP contribution in [0.25, 0.3) is 0 Å². The second-order valence-electron chi connectivity index (χ2n) is 6.22. The Morgan fingerprint density at radius 3 is 2.61 bits per heavy atom. The van der Waals surface area contributed by atoms with E-state index in [1.807, 2.05) is 0 Å². The minimum atomic E-state index is -4.27. The van der Waals surface area contributed by atoms with Crippen molar-refractivity contribution >= 4 is 27.3 Å². The minimum Gasteiger partial charge on any atom is -0.376 e. The van der Waals surface area contributed by atoms with Gasteiger partial charge < -0.3 is 10.1 Å². The fraction of sp³-hybridized carbons (Fsp3) is 0.278. The van der Waals surface area contributed by atoms with E-state index in [1.165, 1.54) is 24.3 Å². The number of hydrogen-bond donors (Lipinski definition) is 2. The average Bonchev–Trinajstić information content (AvgIpc) is 3.20. The van der Waals surface area contributed by atoms with Gasteiger partial charge in [0, 0.05) is 19.2 Å². The molecule has 1 fully saturated rings.